The smallest absolute Gasteiger partial charge is 0.183 e. The lowest BCUT2D eigenvalue weighted by molar-refractivity contribution is -0.254. The van der Waals surface area contributed by atoms with Gasteiger partial charge in [-0.15, -0.1) is 0 Å². The van der Waals surface area contributed by atoms with Crippen LogP contribution in [0.5, 0.6) is 0 Å². The third-order valence-electron chi connectivity index (χ3n) is 2.49. The standard InChI is InChI=1S/C10H14N2O3S/c1-6-8(9(13)14)16-10(12-6)11-5-7-3-2-4-15-7/h7H,2-5H2,1H3,(H,11,12)(H,13,14)/p-1/t7-/m1/s1. The van der Waals surface area contributed by atoms with E-state index in [0.29, 0.717) is 17.4 Å². The van der Waals surface area contributed by atoms with Gasteiger partial charge in [-0.25, -0.2) is 4.98 Å². The summed E-state index contributed by atoms with van der Waals surface area (Å²) in [4.78, 5) is 15.0. The minimum Gasteiger partial charge on any atom is -0.544 e. The van der Waals surface area contributed by atoms with Crippen molar-refractivity contribution in [1.82, 2.24) is 4.98 Å². The van der Waals surface area contributed by atoms with Crippen LogP contribution in [-0.4, -0.2) is 30.2 Å². The number of anilines is 1. The monoisotopic (exact) mass is 241 g/mol. The van der Waals surface area contributed by atoms with Crippen LogP contribution >= 0.6 is 11.3 Å². The summed E-state index contributed by atoms with van der Waals surface area (Å²) in [5, 5.41) is 14.4. The Morgan fingerprint density at radius 3 is 3.12 bits per heavy atom. The highest BCUT2D eigenvalue weighted by Crippen LogP contribution is 2.22. The Hall–Kier alpha value is -1.14. The van der Waals surface area contributed by atoms with Gasteiger partial charge in [0.25, 0.3) is 0 Å². The molecule has 1 saturated heterocycles. The summed E-state index contributed by atoms with van der Waals surface area (Å²) in [7, 11) is 0. The molecule has 2 heterocycles. The summed E-state index contributed by atoms with van der Waals surface area (Å²) in [6, 6.07) is 0. The molecular weight excluding hydrogens is 228 g/mol. The molecule has 1 atom stereocenters. The fraction of sp³-hybridized carbons (Fsp3) is 0.600. The van der Waals surface area contributed by atoms with E-state index in [9.17, 15) is 9.90 Å². The molecule has 0 bridgehead atoms. The summed E-state index contributed by atoms with van der Waals surface area (Å²) >= 11 is 1.11. The van der Waals surface area contributed by atoms with Crippen molar-refractivity contribution < 1.29 is 14.6 Å². The molecule has 0 saturated carbocycles. The van der Waals surface area contributed by atoms with Crippen LogP contribution in [0.3, 0.4) is 0 Å². The van der Waals surface area contributed by atoms with E-state index in [0.717, 1.165) is 30.8 Å². The lowest BCUT2D eigenvalue weighted by Gasteiger charge is -2.08. The van der Waals surface area contributed by atoms with Gasteiger partial charge < -0.3 is 20.0 Å². The summed E-state index contributed by atoms with van der Waals surface area (Å²) in [5.41, 5.74) is 0.500. The molecule has 0 unspecified atom stereocenters. The Labute approximate surface area is 97.5 Å². The number of aryl methyl sites for hydroxylation is 1. The number of hydrogen-bond donors (Lipinski definition) is 1. The average Bonchev–Trinajstić information content (AvgIpc) is 2.83. The Balaban J connectivity index is 1.94. The van der Waals surface area contributed by atoms with Crippen molar-refractivity contribution in [3.05, 3.63) is 10.6 Å². The number of carboxylic acids is 1. The normalized spacial score (nSPS) is 19.9. The lowest BCUT2D eigenvalue weighted by atomic mass is 10.2. The van der Waals surface area contributed by atoms with Crippen LogP contribution in [0.2, 0.25) is 0 Å². The fourth-order valence-corrected chi connectivity index (χ4v) is 2.48. The predicted molar refractivity (Wildman–Crippen MR) is 58.6 cm³/mol. The van der Waals surface area contributed by atoms with Crippen molar-refractivity contribution in [2.75, 3.05) is 18.5 Å². The number of rotatable bonds is 4. The Morgan fingerprint density at radius 1 is 1.75 bits per heavy atom. The molecule has 1 aliphatic heterocycles. The zero-order chi connectivity index (χ0) is 11.5. The summed E-state index contributed by atoms with van der Waals surface area (Å²) in [5.74, 6) is -1.17. The number of thiazole rings is 1. The van der Waals surface area contributed by atoms with E-state index in [1.807, 2.05) is 0 Å². The van der Waals surface area contributed by atoms with Crippen LogP contribution in [0.25, 0.3) is 0 Å². The molecule has 1 aromatic heterocycles. The number of nitrogens with zero attached hydrogens (tertiary/aromatic N) is 1. The van der Waals surface area contributed by atoms with E-state index in [1.54, 1.807) is 6.92 Å². The maximum atomic E-state index is 10.7. The minimum absolute atomic E-state index is 0.190. The summed E-state index contributed by atoms with van der Waals surface area (Å²) in [6.07, 6.45) is 2.36. The van der Waals surface area contributed by atoms with Crippen LogP contribution in [0, 0.1) is 6.92 Å². The van der Waals surface area contributed by atoms with Gasteiger partial charge in [0.2, 0.25) is 0 Å². The molecule has 0 radical (unpaired) electrons. The largest absolute Gasteiger partial charge is 0.544 e. The number of aromatic carboxylic acids is 1. The number of nitrogens with one attached hydrogen (secondary N) is 1. The highest BCUT2D eigenvalue weighted by atomic mass is 32.1. The van der Waals surface area contributed by atoms with Crippen molar-refractivity contribution in [3.63, 3.8) is 0 Å². The van der Waals surface area contributed by atoms with Gasteiger partial charge in [0.05, 0.1) is 22.6 Å². The van der Waals surface area contributed by atoms with E-state index < -0.39 is 5.97 Å². The second-order valence-corrected chi connectivity index (χ2v) is 4.74. The van der Waals surface area contributed by atoms with Crippen molar-refractivity contribution in [2.24, 2.45) is 0 Å². The maximum absolute atomic E-state index is 10.7. The molecule has 0 amide bonds. The minimum atomic E-state index is -1.17. The van der Waals surface area contributed by atoms with Gasteiger partial charge in [-0.2, -0.15) is 0 Å². The number of hydrogen-bond acceptors (Lipinski definition) is 6. The van der Waals surface area contributed by atoms with E-state index in [4.69, 9.17) is 4.74 Å². The van der Waals surface area contributed by atoms with E-state index in [1.165, 1.54) is 0 Å². The van der Waals surface area contributed by atoms with Gasteiger partial charge in [0.1, 0.15) is 0 Å². The topological polar surface area (TPSA) is 74.3 Å². The van der Waals surface area contributed by atoms with Gasteiger partial charge in [-0.05, 0) is 19.8 Å². The van der Waals surface area contributed by atoms with Gasteiger partial charge in [0.15, 0.2) is 5.13 Å². The lowest BCUT2D eigenvalue weighted by Crippen LogP contribution is -2.21. The zero-order valence-corrected chi connectivity index (χ0v) is 9.80. The first-order chi connectivity index (χ1) is 7.66. The molecule has 6 heteroatoms. The molecule has 16 heavy (non-hydrogen) atoms. The maximum Gasteiger partial charge on any atom is 0.183 e. The van der Waals surface area contributed by atoms with Crippen LogP contribution in [0.4, 0.5) is 5.13 Å². The highest BCUT2D eigenvalue weighted by molar-refractivity contribution is 7.17. The molecule has 1 N–H and O–H groups in total. The van der Waals surface area contributed by atoms with E-state index in [2.05, 4.69) is 10.3 Å². The highest BCUT2D eigenvalue weighted by Gasteiger charge is 2.16. The molecule has 0 aromatic carbocycles. The number of carbonyl (C=O) groups is 1. The molecule has 2 rings (SSSR count). The molecule has 1 aliphatic rings. The molecular formula is C10H13N2O3S-. The van der Waals surface area contributed by atoms with E-state index >= 15 is 0 Å². The van der Waals surface area contributed by atoms with Crippen LogP contribution in [0.15, 0.2) is 0 Å². The SMILES string of the molecule is Cc1nc(NC[C@H]2CCCO2)sc1C(=O)[O-]. The van der Waals surface area contributed by atoms with Crippen molar-refractivity contribution in [2.45, 2.75) is 25.9 Å². The molecule has 5 nitrogen and oxygen atoms in total. The fourth-order valence-electron chi connectivity index (χ4n) is 1.67. The summed E-state index contributed by atoms with van der Waals surface area (Å²) in [6.45, 7) is 3.16. The third kappa shape index (κ3) is 2.51. The second-order valence-electron chi connectivity index (χ2n) is 3.74. The van der Waals surface area contributed by atoms with Crippen molar-refractivity contribution >= 4 is 22.4 Å². The molecule has 1 aromatic rings. The Morgan fingerprint density at radius 2 is 2.56 bits per heavy atom. The quantitative estimate of drug-likeness (QED) is 0.826. The van der Waals surface area contributed by atoms with Crippen LogP contribution < -0.4 is 10.4 Å². The second kappa shape index (κ2) is 4.80. The molecule has 0 aliphatic carbocycles. The van der Waals surface area contributed by atoms with E-state index in [-0.39, 0.29) is 11.0 Å². The average molecular weight is 241 g/mol. The first kappa shape index (κ1) is 11.3. The van der Waals surface area contributed by atoms with Crippen LogP contribution in [-0.2, 0) is 4.74 Å². The van der Waals surface area contributed by atoms with Gasteiger partial charge in [-0.1, -0.05) is 11.3 Å². The van der Waals surface area contributed by atoms with Gasteiger partial charge >= 0.3 is 0 Å². The molecule has 0 spiro atoms. The number of carboxylic acid groups (broad SMARTS) is 1. The first-order valence-corrected chi connectivity index (χ1v) is 6.02. The Kier molecular flexibility index (Phi) is 3.40. The summed E-state index contributed by atoms with van der Waals surface area (Å²) < 4.78 is 5.44. The van der Waals surface area contributed by atoms with Crippen molar-refractivity contribution in [1.29, 1.82) is 0 Å². The number of carbonyl (C=O) groups excluding carboxylic acids is 1. The molecule has 1 fully saturated rings. The third-order valence-corrected chi connectivity index (χ3v) is 3.58. The van der Waals surface area contributed by atoms with Gasteiger partial charge in [0, 0.05) is 13.2 Å². The van der Waals surface area contributed by atoms with Gasteiger partial charge in [-0.3, -0.25) is 0 Å². The first-order valence-electron chi connectivity index (χ1n) is 5.21. The molecule has 88 valence electrons. The van der Waals surface area contributed by atoms with Crippen molar-refractivity contribution in [3.8, 4) is 0 Å². The predicted octanol–water partition coefficient (Wildman–Crippen LogP) is 0.406. The number of aromatic nitrogens is 1. The van der Waals surface area contributed by atoms with Crippen LogP contribution in [0.1, 0.15) is 28.2 Å². The number of ether oxygens (including phenoxy) is 1. The Bertz CT molecular complexity index is 385. The zero-order valence-electron chi connectivity index (χ0n) is 8.99.